The highest BCUT2D eigenvalue weighted by Crippen LogP contribution is 2.63. The van der Waals surface area contributed by atoms with Crippen LogP contribution in [0.1, 0.15) is 104 Å². The molecule has 46 heavy (non-hydrogen) atoms. The third-order valence-electron chi connectivity index (χ3n) is 12.3. The molecule has 2 unspecified atom stereocenters. The molecular formula is C46H34. The number of hydrogen-bond acceptors (Lipinski definition) is 0. The number of benzene rings is 7. The van der Waals surface area contributed by atoms with Crippen molar-refractivity contribution in [3.8, 4) is 0 Å². The molecule has 4 bridgehead atoms. The van der Waals surface area contributed by atoms with Gasteiger partial charge in [0.05, 0.1) is 0 Å². The van der Waals surface area contributed by atoms with E-state index < -0.39 is 0 Å². The molecule has 0 N–H and O–H groups in total. The molecular weight excluding hydrogens is 553 g/mol. The van der Waals surface area contributed by atoms with Crippen LogP contribution in [0.15, 0.2) is 146 Å². The van der Waals surface area contributed by atoms with Gasteiger partial charge >= 0.3 is 0 Å². The molecule has 7 aromatic carbocycles. The maximum absolute atomic E-state index is 2.50. The smallest absolute Gasteiger partial charge is 0.0165 e. The van der Waals surface area contributed by atoms with Crippen LogP contribution in [0.3, 0.4) is 0 Å². The van der Waals surface area contributed by atoms with E-state index in [9.17, 15) is 0 Å². The molecule has 0 amide bonds. The Hall–Kier alpha value is -4.94. The van der Waals surface area contributed by atoms with E-state index in [1.54, 1.807) is 55.6 Å². The molecule has 2 atom stereocenters. The van der Waals surface area contributed by atoms with Crippen molar-refractivity contribution in [2.24, 2.45) is 0 Å². The van der Waals surface area contributed by atoms with Crippen LogP contribution in [0.2, 0.25) is 0 Å². The van der Waals surface area contributed by atoms with Crippen molar-refractivity contribution in [1.29, 1.82) is 0 Å². The van der Waals surface area contributed by atoms with Crippen LogP contribution in [0, 0.1) is 0 Å². The Morgan fingerprint density at radius 1 is 0.348 bits per heavy atom. The topological polar surface area (TPSA) is 0 Å². The van der Waals surface area contributed by atoms with Gasteiger partial charge in [-0.1, -0.05) is 140 Å². The summed E-state index contributed by atoms with van der Waals surface area (Å²) in [7, 11) is 0. The fourth-order valence-corrected chi connectivity index (χ4v) is 10.7. The fraction of sp³-hybridized carbons (Fsp3) is 0.174. The van der Waals surface area contributed by atoms with Crippen LogP contribution >= 0.6 is 0 Å². The summed E-state index contributed by atoms with van der Waals surface area (Å²) in [5, 5.41) is 5.74. The Labute approximate surface area is 270 Å². The molecule has 0 aliphatic heterocycles. The van der Waals surface area contributed by atoms with Crippen molar-refractivity contribution in [2.45, 2.75) is 48.3 Å². The highest BCUT2D eigenvalue weighted by atomic mass is 14.5. The van der Waals surface area contributed by atoms with Crippen LogP contribution in [0.5, 0.6) is 0 Å². The van der Waals surface area contributed by atoms with Gasteiger partial charge in [0.15, 0.2) is 0 Å². The highest BCUT2D eigenvalue weighted by Gasteiger charge is 2.47. The molecule has 0 aromatic heterocycles. The normalized spacial score (nSPS) is 24.8. The van der Waals surface area contributed by atoms with E-state index in [1.165, 1.54) is 34.4 Å². The quantitative estimate of drug-likeness (QED) is 0.177. The van der Waals surface area contributed by atoms with Crippen molar-refractivity contribution < 1.29 is 0 Å². The summed E-state index contributed by atoms with van der Waals surface area (Å²) in [6.07, 6.45) is 2.34. The Kier molecular flexibility index (Phi) is 5.11. The average Bonchev–Trinajstić information content (AvgIpc) is 3.13. The largest absolute Gasteiger partial charge is 0.0620 e. The Morgan fingerprint density at radius 3 is 1.33 bits per heavy atom. The van der Waals surface area contributed by atoms with Gasteiger partial charge in [-0.3, -0.25) is 0 Å². The zero-order valence-corrected chi connectivity index (χ0v) is 25.7. The SMILES string of the molecule is c1ccc2c(c1)C1CC(c3cccc4cc5ccccc5c(C5CC6c7ccccc7C5c5ccccc56)c34)C2c2ccccc21. The minimum atomic E-state index is 0.365. The lowest BCUT2D eigenvalue weighted by Gasteiger charge is -2.47. The first-order valence-electron chi connectivity index (χ1n) is 17.1. The summed E-state index contributed by atoms with van der Waals surface area (Å²) in [6, 6.07) is 56.3. The minimum absolute atomic E-state index is 0.365. The Bertz CT molecular complexity index is 2280. The summed E-state index contributed by atoms with van der Waals surface area (Å²) in [5.41, 5.74) is 15.5. The average molecular weight is 587 g/mol. The van der Waals surface area contributed by atoms with Gasteiger partial charge in [0.2, 0.25) is 0 Å². The molecule has 0 saturated heterocycles. The van der Waals surface area contributed by atoms with Gasteiger partial charge in [0, 0.05) is 23.7 Å². The molecule has 0 radical (unpaired) electrons. The molecule has 0 saturated carbocycles. The lowest BCUT2D eigenvalue weighted by Crippen LogP contribution is -2.32. The summed E-state index contributed by atoms with van der Waals surface area (Å²) in [6.45, 7) is 0. The van der Waals surface area contributed by atoms with Crippen LogP contribution in [0.4, 0.5) is 0 Å². The number of rotatable bonds is 2. The predicted molar refractivity (Wildman–Crippen MR) is 189 cm³/mol. The summed E-state index contributed by atoms with van der Waals surface area (Å²) >= 11 is 0. The second-order valence-electron chi connectivity index (χ2n) is 14.2. The summed E-state index contributed by atoms with van der Waals surface area (Å²) in [5.74, 6) is 2.50. The van der Waals surface area contributed by atoms with Crippen LogP contribution in [0.25, 0.3) is 21.5 Å². The molecule has 7 aromatic rings. The zero-order valence-electron chi connectivity index (χ0n) is 25.7. The third-order valence-corrected chi connectivity index (χ3v) is 12.3. The predicted octanol–water partition coefficient (Wildman–Crippen LogP) is 11.5. The second-order valence-corrected chi connectivity index (χ2v) is 14.2. The molecule has 218 valence electrons. The zero-order chi connectivity index (χ0) is 29.9. The molecule has 6 aliphatic carbocycles. The second kappa shape index (κ2) is 9.30. The van der Waals surface area contributed by atoms with E-state index in [2.05, 4.69) is 146 Å². The van der Waals surface area contributed by atoms with Crippen molar-refractivity contribution in [3.05, 3.63) is 201 Å². The fourth-order valence-electron chi connectivity index (χ4n) is 10.7. The molecule has 13 rings (SSSR count). The van der Waals surface area contributed by atoms with E-state index in [-0.39, 0.29) is 0 Å². The van der Waals surface area contributed by atoms with Gasteiger partial charge in [-0.15, -0.1) is 0 Å². The minimum Gasteiger partial charge on any atom is -0.0620 e. The molecule has 0 nitrogen and oxygen atoms in total. The van der Waals surface area contributed by atoms with E-state index in [0.717, 1.165) is 0 Å². The van der Waals surface area contributed by atoms with E-state index in [4.69, 9.17) is 0 Å². The molecule has 0 heteroatoms. The Balaban J connectivity index is 1.20. The van der Waals surface area contributed by atoms with Gasteiger partial charge in [0.25, 0.3) is 0 Å². The van der Waals surface area contributed by atoms with E-state index >= 15 is 0 Å². The van der Waals surface area contributed by atoms with E-state index in [1.807, 2.05) is 0 Å². The van der Waals surface area contributed by atoms with Crippen molar-refractivity contribution >= 4 is 21.5 Å². The van der Waals surface area contributed by atoms with Crippen LogP contribution in [-0.4, -0.2) is 0 Å². The first-order valence-corrected chi connectivity index (χ1v) is 17.1. The number of hydrogen-bond donors (Lipinski definition) is 0. The van der Waals surface area contributed by atoms with Crippen molar-refractivity contribution in [2.75, 3.05) is 0 Å². The number of fused-ring (bicyclic) bond motifs is 4. The summed E-state index contributed by atoms with van der Waals surface area (Å²) in [4.78, 5) is 0. The lowest BCUT2D eigenvalue weighted by molar-refractivity contribution is 0.447. The van der Waals surface area contributed by atoms with Gasteiger partial charge in [0.1, 0.15) is 0 Å². The third kappa shape index (κ3) is 3.24. The van der Waals surface area contributed by atoms with Gasteiger partial charge in [-0.05, 0) is 108 Å². The molecule has 0 fully saturated rings. The van der Waals surface area contributed by atoms with Crippen molar-refractivity contribution in [1.82, 2.24) is 0 Å². The Morgan fingerprint density at radius 2 is 0.761 bits per heavy atom. The van der Waals surface area contributed by atoms with Gasteiger partial charge in [-0.2, -0.15) is 0 Å². The van der Waals surface area contributed by atoms with Gasteiger partial charge < -0.3 is 0 Å². The van der Waals surface area contributed by atoms with Gasteiger partial charge in [-0.25, -0.2) is 0 Å². The summed E-state index contributed by atoms with van der Waals surface area (Å²) < 4.78 is 0. The molecule has 0 spiro atoms. The highest BCUT2D eigenvalue weighted by molar-refractivity contribution is 6.05. The first kappa shape index (κ1) is 25.3. The standard InChI is InChI=1S/C46H34/c1-2-14-29-27(12-1)24-28-13-11-23-38(41-25-39-30-15-3-7-19-34(30)44(41)35-20-8-4-16-31(35)39)43(28)46(29)42-26-40-32-17-5-9-21-36(32)45(42)37-22-10-6-18-33(37)40/h1-24,39-42,44-45H,25-26H2. The van der Waals surface area contributed by atoms with E-state index in [0.29, 0.717) is 35.5 Å². The first-order chi connectivity index (χ1) is 22.8. The van der Waals surface area contributed by atoms with Crippen molar-refractivity contribution in [3.63, 3.8) is 0 Å². The van der Waals surface area contributed by atoms with Crippen LogP contribution in [-0.2, 0) is 0 Å². The van der Waals surface area contributed by atoms with Crippen LogP contribution < -0.4 is 0 Å². The lowest BCUT2D eigenvalue weighted by atomic mass is 9.55. The molecule has 0 heterocycles. The monoisotopic (exact) mass is 586 g/mol. The maximum atomic E-state index is 2.50. The maximum Gasteiger partial charge on any atom is 0.0165 e. The molecule has 6 aliphatic rings.